The van der Waals surface area contributed by atoms with E-state index in [2.05, 4.69) is 18.4 Å². The molecule has 19 heavy (non-hydrogen) atoms. The lowest BCUT2D eigenvalue weighted by Crippen LogP contribution is -2.45. The molecule has 0 spiro atoms. The molecule has 106 valence electrons. The second-order valence-electron chi connectivity index (χ2n) is 5.62. The van der Waals surface area contributed by atoms with E-state index >= 15 is 0 Å². The number of carbonyl (C=O) groups is 1. The van der Waals surface area contributed by atoms with Gasteiger partial charge in [0.15, 0.2) is 0 Å². The second kappa shape index (κ2) is 6.24. The normalized spacial score (nSPS) is 20.0. The summed E-state index contributed by atoms with van der Waals surface area (Å²) in [5, 5.41) is 0. The van der Waals surface area contributed by atoms with Crippen LogP contribution in [0.4, 0.5) is 0 Å². The first-order valence-corrected chi connectivity index (χ1v) is 7.33. The molecular formula is C15H25N3O. The fourth-order valence-corrected chi connectivity index (χ4v) is 2.93. The van der Waals surface area contributed by atoms with Gasteiger partial charge in [0.2, 0.25) is 0 Å². The van der Waals surface area contributed by atoms with E-state index in [-0.39, 0.29) is 5.91 Å². The fraction of sp³-hybridized carbons (Fsp3) is 0.667. The molecule has 0 aliphatic carbocycles. The molecule has 1 unspecified atom stereocenters. The zero-order valence-corrected chi connectivity index (χ0v) is 12.0. The van der Waals surface area contributed by atoms with Crippen LogP contribution >= 0.6 is 0 Å². The monoisotopic (exact) mass is 263 g/mol. The van der Waals surface area contributed by atoms with E-state index in [0.717, 1.165) is 31.5 Å². The summed E-state index contributed by atoms with van der Waals surface area (Å²) in [4.78, 5) is 14.8. The first-order valence-electron chi connectivity index (χ1n) is 7.33. The molecular weight excluding hydrogens is 238 g/mol. The number of hydrogen-bond acceptors (Lipinski definition) is 2. The van der Waals surface area contributed by atoms with Crippen LogP contribution in [0.5, 0.6) is 0 Å². The molecule has 1 saturated heterocycles. The van der Waals surface area contributed by atoms with Gasteiger partial charge >= 0.3 is 0 Å². The number of likely N-dealkylation sites (tertiary alicyclic amines) is 1. The Morgan fingerprint density at radius 1 is 1.47 bits per heavy atom. The molecule has 1 aliphatic heterocycles. The van der Waals surface area contributed by atoms with Crippen LogP contribution in [-0.2, 0) is 0 Å². The predicted molar refractivity (Wildman–Crippen MR) is 77.2 cm³/mol. The van der Waals surface area contributed by atoms with E-state index in [1.54, 1.807) is 0 Å². The molecule has 1 aromatic heterocycles. The minimum Gasteiger partial charge on any atom is -0.341 e. The van der Waals surface area contributed by atoms with E-state index in [4.69, 9.17) is 5.73 Å². The smallest absolute Gasteiger partial charge is 0.270 e. The molecule has 0 aromatic carbocycles. The zero-order chi connectivity index (χ0) is 13.8. The maximum atomic E-state index is 12.7. The van der Waals surface area contributed by atoms with E-state index in [1.807, 2.05) is 23.2 Å². The Morgan fingerprint density at radius 3 is 2.95 bits per heavy atom. The van der Waals surface area contributed by atoms with E-state index in [0.29, 0.717) is 18.6 Å². The van der Waals surface area contributed by atoms with Crippen molar-refractivity contribution in [2.75, 3.05) is 13.1 Å². The molecule has 1 atom stereocenters. The zero-order valence-electron chi connectivity index (χ0n) is 12.0. The Hall–Kier alpha value is -1.29. The summed E-state index contributed by atoms with van der Waals surface area (Å²) >= 11 is 0. The van der Waals surface area contributed by atoms with Gasteiger partial charge in [-0.05, 0) is 58.2 Å². The summed E-state index contributed by atoms with van der Waals surface area (Å²) in [5.41, 5.74) is 6.48. The summed E-state index contributed by atoms with van der Waals surface area (Å²) in [6.45, 7) is 5.72. The van der Waals surface area contributed by atoms with Gasteiger partial charge < -0.3 is 15.2 Å². The van der Waals surface area contributed by atoms with Crippen molar-refractivity contribution >= 4 is 5.91 Å². The van der Waals surface area contributed by atoms with Crippen molar-refractivity contribution in [3.05, 3.63) is 24.0 Å². The maximum Gasteiger partial charge on any atom is 0.270 e. The van der Waals surface area contributed by atoms with Crippen LogP contribution in [0.2, 0.25) is 0 Å². The molecule has 0 radical (unpaired) electrons. The summed E-state index contributed by atoms with van der Waals surface area (Å²) in [7, 11) is 0. The van der Waals surface area contributed by atoms with Crippen molar-refractivity contribution in [1.82, 2.24) is 9.47 Å². The lowest BCUT2D eigenvalue weighted by Gasteiger charge is -2.36. The Kier molecular flexibility index (Phi) is 4.64. The molecule has 0 saturated carbocycles. The van der Waals surface area contributed by atoms with Gasteiger partial charge in [-0.2, -0.15) is 0 Å². The topological polar surface area (TPSA) is 51.3 Å². The number of aromatic nitrogens is 1. The first kappa shape index (κ1) is 14.1. The summed E-state index contributed by atoms with van der Waals surface area (Å²) in [6, 6.07) is 4.51. The van der Waals surface area contributed by atoms with E-state index in [9.17, 15) is 4.79 Å². The van der Waals surface area contributed by atoms with Crippen LogP contribution in [-0.4, -0.2) is 34.5 Å². The van der Waals surface area contributed by atoms with Crippen LogP contribution in [0.1, 0.15) is 56.1 Å². The molecule has 2 heterocycles. The van der Waals surface area contributed by atoms with Gasteiger partial charge in [0.1, 0.15) is 5.69 Å². The van der Waals surface area contributed by atoms with Gasteiger partial charge in [-0.3, -0.25) is 4.79 Å². The highest BCUT2D eigenvalue weighted by Gasteiger charge is 2.28. The molecule has 1 amide bonds. The number of nitrogens with two attached hydrogens (primary N) is 1. The van der Waals surface area contributed by atoms with Crippen LogP contribution in [0.3, 0.4) is 0 Å². The third kappa shape index (κ3) is 3.00. The average molecular weight is 263 g/mol. The molecule has 4 heteroatoms. The number of carbonyl (C=O) groups excluding carboxylic acids is 1. The average Bonchev–Trinajstić information content (AvgIpc) is 2.88. The SMILES string of the molecule is CC(C)n1cccc1C(=O)N1CCCCC1CCN. The Labute approximate surface area is 115 Å². The Balaban J connectivity index is 2.19. The van der Waals surface area contributed by atoms with Crippen molar-refractivity contribution in [2.45, 2.75) is 51.6 Å². The van der Waals surface area contributed by atoms with Gasteiger partial charge in [-0.15, -0.1) is 0 Å². The molecule has 2 N–H and O–H groups in total. The molecule has 1 fully saturated rings. The second-order valence-corrected chi connectivity index (χ2v) is 5.62. The largest absolute Gasteiger partial charge is 0.341 e. The summed E-state index contributed by atoms with van der Waals surface area (Å²) in [6.07, 6.45) is 6.30. The number of piperidine rings is 1. The Morgan fingerprint density at radius 2 is 2.26 bits per heavy atom. The lowest BCUT2D eigenvalue weighted by atomic mass is 9.99. The predicted octanol–water partition coefficient (Wildman–Crippen LogP) is 2.41. The minimum absolute atomic E-state index is 0.164. The first-order chi connectivity index (χ1) is 9.15. The summed E-state index contributed by atoms with van der Waals surface area (Å²) in [5.74, 6) is 0.164. The standard InChI is InChI=1S/C15H25N3O/c1-12(2)17-11-5-7-14(17)15(19)18-10-4-3-6-13(18)8-9-16/h5,7,11-13H,3-4,6,8-10,16H2,1-2H3. The highest BCUT2D eigenvalue weighted by Crippen LogP contribution is 2.23. The van der Waals surface area contributed by atoms with Crippen molar-refractivity contribution in [2.24, 2.45) is 5.73 Å². The maximum absolute atomic E-state index is 12.7. The number of rotatable bonds is 4. The van der Waals surface area contributed by atoms with Gasteiger partial charge in [-0.1, -0.05) is 0 Å². The van der Waals surface area contributed by atoms with Crippen LogP contribution in [0, 0.1) is 0 Å². The number of nitrogens with zero attached hydrogens (tertiary/aromatic N) is 2. The van der Waals surface area contributed by atoms with Crippen molar-refractivity contribution < 1.29 is 4.79 Å². The van der Waals surface area contributed by atoms with Crippen LogP contribution < -0.4 is 5.73 Å². The van der Waals surface area contributed by atoms with E-state index < -0.39 is 0 Å². The highest BCUT2D eigenvalue weighted by molar-refractivity contribution is 5.93. The molecule has 2 rings (SSSR count). The molecule has 1 aliphatic rings. The number of hydrogen-bond donors (Lipinski definition) is 1. The van der Waals surface area contributed by atoms with Gasteiger partial charge in [0.05, 0.1) is 0 Å². The quantitative estimate of drug-likeness (QED) is 0.907. The van der Waals surface area contributed by atoms with Gasteiger partial charge in [-0.25, -0.2) is 0 Å². The Bertz CT molecular complexity index is 423. The third-order valence-corrected chi connectivity index (χ3v) is 3.94. The van der Waals surface area contributed by atoms with Crippen molar-refractivity contribution in [3.63, 3.8) is 0 Å². The fourth-order valence-electron chi connectivity index (χ4n) is 2.93. The molecule has 4 nitrogen and oxygen atoms in total. The van der Waals surface area contributed by atoms with Gasteiger partial charge in [0.25, 0.3) is 5.91 Å². The van der Waals surface area contributed by atoms with Crippen LogP contribution in [0.25, 0.3) is 0 Å². The van der Waals surface area contributed by atoms with Crippen LogP contribution in [0.15, 0.2) is 18.3 Å². The molecule has 1 aromatic rings. The van der Waals surface area contributed by atoms with Crippen molar-refractivity contribution in [3.8, 4) is 0 Å². The van der Waals surface area contributed by atoms with Gasteiger partial charge in [0, 0.05) is 24.8 Å². The lowest BCUT2D eigenvalue weighted by molar-refractivity contribution is 0.0592. The number of amides is 1. The molecule has 0 bridgehead atoms. The highest BCUT2D eigenvalue weighted by atomic mass is 16.2. The van der Waals surface area contributed by atoms with Crippen molar-refractivity contribution in [1.29, 1.82) is 0 Å². The summed E-state index contributed by atoms with van der Waals surface area (Å²) < 4.78 is 2.05. The third-order valence-electron chi connectivity index (χ3n) is 3.94. The minimum atomic E-state index is 0.164. The van der Waals surface area contributed by atoms with E-state index in [1.165, 1.54) is 6.42 Å².